The van der Waals surface area contributed by atoms with Gasteiger partial charge in [-0.2, -0.15) is 5.26 Å². The van der Waals surface area contributed by atoms with E-state index in [0.29, 0.717) is 9.78 Å². The number of carboxylic acids is 1. The van der Waals surface area contributed by atoms with Crippen LogP contribution in [0.5, 0.6) is 0 Å². The number of β-lactam (4-membered cyclic amide) rings is 1. The molecule has 1 aromatic rings. The summed E-state index contributed by atoms with van der Waals surface area (Å²) in [4.78, 5) is 42.2. The maximum atomic E-state index is 12.3. The Bertz CT molecular complexity index is 968. The molecule has 1 aromatic heterocycles. The molecule has 0 radical (unpaired) electrons. The zero-order chi connectivity index (χ0) is 21.3. The molecule has 0 saturated carbocycles. The molecule has 12 heteroatoms. The number of nitrogens with one attached hydrogen (secondary N) is 1. The Morgan fingerprint density at radius 3 is 2.87 bits per heavy atom. The minimum Gasteiger partial charge on any atom is -0.543 e. The van der Waals surface area contributed by atoms with Crippen molar-refractivity contribution in [3.05, 3.63) is 32.1 Å². The fourth-order valence-electron chi connectivity index (χ4n) is 3.59. The number of rotatable bonds is 7. The zero-order valence-electron chi connectivity index (χ0n) is 16.5. The van der Waals surface area contributed by atoms with Crippen LogP contribution in [0.2, 0.25) is 0 Å². The largest absolute Gasteiger partial charge is 1.00 e. The van der Waals surface area contributed by atoms with Gasteiger partial charge in [-0.3, -0.25) is 9.59 Å². The first kappa shape index (κ1) is 24.6. The summed E-state index contributed by atoms with van der Waals surface area (Å²) >= 11 is 2.35. The Morgan fingerprint density at radius 2 is 2.27 bits per heavy atom. The number of amides is 2. The molecule has 4 atom stereocenters. The van der Waals surface area contributed by atoms with Crippen LogP contribution in [-0.4, -0.2) is 51.5 Å². The molecule has 1 saturated heterocycles. The van der Waals surface area contributed by atoms with Gasteiger partial charge in [0.25, 0.3) is 5.91 Å². The summed E-state index contributed by atoms with van der Waals surface area (Å²) in [6, 6.07) is 1.40. The summed E-state index contributed by atoms with van der Waals surface area (Å²) < 4.78 is 0. The van der Waals surface area contributed by atoms with Crippen LogP contribution in [0.3, 0.4) is 0 Å². The second-order valence-corrected chi connectivity index (χ2v) is 8.41. The number of hydrogen-bond donors (Lipinski definition) is 2. The van der Waals surface area contributed by atoms with E-state index < -0.39 is 35.8 Å². The molecule has 0 unspecified atom stereocenters. The Kier molecular flexibility index (Phi) is 8.27. The van der Waals surface area contributed by atoms with Gasteiger partial charge < -0.3 is 25.2 Å². The van der Waals surface area contributed by atoms with Gasteiger partial charge in [-0.25, -0.2) is 4.98 Å². The van der Waals surface area contributed by atoms with Crippen LogP contribution < -0.4 is 40.0 Å². The SMILES string of the molecule is C[C@@H](O)[C@H]1C(=O)N2C(C(=O)[O-])=C(S/C=C\c3scnc3C(=O)NCC#N)[C@H](C)[C@H]12.[Na+]. The third-order valence-electron chi connectivity index (χ3n) is 4.85. The summed E-state index contributed by atoms with van der Waals surface area (Å²) in [6.07, 6.45) is 0.750. The molecule has 2 amide bonds. The summed E-state index contributed by atoms with van der Waals surface area (Å²) in [7, 11) is 0. The van der Waals surface area contributed by atoms with Gasteiger partial charge in [0, 0.05) is 10.8 Å². The number of carboxylic acid groups (broad SMARTS) is 1. The molecule has 3 heterocycles. The van der Waals surface area contributed by atoms with E-state index in [-0.39, 0.29) is 53.4 Å². The number of hydrogen-bond acceptors (Lipinski definition) is 9. The van der Waals surface area contributed by atoms with Crippen LogP contribution in [0, 0.1) is 23.2 Å². The van der Waals surface area contributed by atoms with Crippen molar-refractivity contribution in [1.29, 1.82) is 5.26 Å². The van der Waals surface area contributed by atoms with Gasteiger partial charge >= 0.3 is 29.6 Å². The van der Waals surface area contributed by atoms with Gasteiger partial charge in [0.1, 0.15) is 12.2 Å². The van der Waals surface area contributed by atoms with Crippen molar-refractivity contribution in [3.8, 4) is 6.07 Å². The summed E-state index contributed by atoms with van der Waals surface area (Å²) in [5.74, 6) is -3.26. The average Bonchev–Trinajstić information content (AvgIpc) is 3.21. The van der Waals surface area contributed by atoms with E-state index >= 15 is 0 Å². The third-order valence-corrected chi connectivity index (χ3v) is 6.74. The Hall–Kier alpha value is -1.68. The molecule has 152 valence electrons. The van der Waals surface area contributed by atoms with E-state index in [4.69, 9.17) is 5.26 Å². The molecular weight excluding hydrogens is 439 g/mol. The fraction of sp³-hybridized carbons (Fsp3) is 0.389. The Labute approximate surface area is 203 Å². The second-order valence-electron chi connectivity index (χ2n) is 6.58. The summed E-state index contributed by atoms with van der Waals surface area (Å²) in [5.41, 5.74) is 1.49. The number of nitriles is 1. The molecule has 0 spiro atoms. The molecule has 0 aliphatic carbocycles. The Morgan fingerprint density at radius 1 is 1.57 bits per heavy atom. The van der Waals surface area contributed by atoms with Crippen molar-refractivity contribution < 1.29 is 54.2 Å². The number of carbonyl (C=O) groups is 3. The van der Waals surface area contributed by atoms with Gasteiger partial charge in [-0.15, -0.1) is 11.3 Å². The number of aliphatic hydroxyl groups is 1. The summed E-state index contributed by atoms with van der Waals surface area (Å²) in [5, 5.41) is 34.1. The van der Waals surface area contributed by atoms with E-state index in [0.717, 1.165) is 11.8 Å². The number of thioether (sulfide) groups is 1. The van der Waals surface area contributed by atoms with Gasteiger partial charge in [0.15, 0.2) is 0 Å². The first-order valence-electron chi connectivity index (χ1n) is 8.68. The molecule has 0 aromatic carbocycles. The minimum atomic E-state index is -1.44. The van der Waals surface area contributed by atoms with Gasteiger partial charge in [0.2, 0.25) is 5.91 Å². The molecule has 2 aliphatic rings. The van der Waals surface area contributed by atoms with E-state index in [2.05, 4.69) is 10.3 Å². The number of aliphatic carboxylic acids is 1. The smallest absolute Gasteiger partial charge is 0.543 e. The molecule has 2 aliphatic heterocycles. The molecule has 30 heavy (non-hydrogen) atoms. The first-order valence-corrected chi connectivity index (χ1v) is 10.4. The standard InChI is InChI=1S/C18H18N4O5S2.Na/c1-8-13-11(9(2)23)17(25)22(13)14(18(26)27)15(8)28-6-3-10-12(21-7-29-10)16(24)20-5-4-19;/h3,6-9,11,13,23H,5H2,1-2H3,(H,20,24)(H,26,27);/q;+1/p-1/b6-3-;/t8-,9-,11-,13-;/m1./s1. The van der Waals surface area contributed by atoms with Crippen molar-refractivity contribution in [2.24, 2.45) is 11.8 Å². The van der Waals surface area contributed by atoms with Gasteiger partial charge in [-0.05, 0) is 18.4 Å². The van der Waals surface area contributed by atoms with Crippen LogP contribution in [0.1, 0.15) is 29.2 Å². The zero-order valence-corrected chi connectivity index (χ0v) is 20.1. The third kappa shape index (κ3) is 4.34. The maximum absolute atomic E-state index is 12.3. The first-order chi connectivity index (χ1) is 13.8. The molecule has 3 rings (SSSR count). The quantitative estimate of drug-likeness (QED) is 0.250. The Balaban J connectivity index is 0.00000320. The van der Waals surface area contributed by atoms with Crippen molar-refractivity contribution in [2.45, 2.75) is 26.0 Å². The van der Waals surface area contributed by atoms with Gasteiger partial charge in [0.05, 0.1) is 46.2 Å². The number of carbonyl (C=O) groups excluding carboxylic acids is 3. The number of aliphatic hydroxyl groups excluding tert-OH is 1. The average molecular weight is 456 g/mol. The molecule has 1 fully saturated rings. The monoisotopic (exact) mass is 456 g/mol. The number of aromatic nitrogens is 1. The molecule has 2 N–H and O–H groups in total. The van der Waals surface area contributed by atoms with Crippen LogP contribution in [0.25, 0.3) is 6.08 Å². The van der Waals surface area contributed by atoms with Gasteiger partial charge in [-0.1, -0.05) is 18.7 Å². The van der Waals surface area contributed by atoms with Crippen molar-refractivity contribution >= 4 is 47.0 Å². The maximum Gasteiger partial charge on any atom is 1.00 e. The summed E-state index contributed by atoms with van der Waals surface area (Å²) in [6.45, 7) is 3.18. The molecule has 9 nitrogen and oxygen atoms in total. The fourth-order valence-corrected chi connectivity index (χ4v) is 5.35. The van der Waals surface area contributed by atoms with Crippen LogP contribution in [0.15, 0.2) is 21.5 Å². The van der Waals surface area contributed by atoms with Crippen molar-refractivity contribution in [2.75, 3.05) is 6.54 Å². The minimum absolute atomic E-state index is 0. The number of thiazole rings is 1. The topological polar surface area (TPSA) is 146 Å². The number of nitrogens with zero attached hydrogens (tertiary/aromatic N) is 3. The van der Waals surface area contributed by atoms with Crippen LogP contribution >= 0.6 is 23.1 Å². The van der Waals surface area contributed by atoms with E-state index in [1.807, 2.05) is 6.07 Å². The van der Waals surface area contributed by atoms with E-state index in [1.165, 1.54) is 28.7 Å². The van der Waals surface area contributed by atoms with Crippen molar-refractivity contribution in [3.63, 3.8) is 0 Å². The van der Waals surface area contributed by atoms with E-state index in [9.17, 15) is 24.6 Å². The second kappa shape index (κ2) is 10.1. The van der Waals surface area contributed by atoms with E-state index in [1.54, 1.807) is 18.4 Å². The normalized spacial score (nSPS) is 23.5. The van der Waals surface area contributed by atoms with Crippen molar-refractivity contribution in [1.82, 2.24) is 15.2 Å². The predicted octanol–water partition coefficient (Wildman–Crippen LogP) is -3.08. The predicted molar refractivity (Wildman–Crippen MR) is 104 cm³/mol. The van der Waals surface area contributed by atoms with Crippen LogP contribution in [-0.2, 0) is 9.59 Å². The molecule has 0 bridgehead atoms. The number of fused-ring (bicyclic) bond motifs is 1. The van der Waals surface area contributed by atoms with Crippen LogP contribution in [0.4, 0.5) is 0 Å². The molecular formula is C18H17N4NaO5S2.